The van der Waals surface area contributed by atoms with Crippen LogP contribution >= 0.6 is 54.5 Å². The second-order valence-corrected chi connectivity index (χ2v) is 13.5. The fourth-order valence-electron chi connectivity index (χ4n) is 4.05. The van der Waals surface area contributed by atoms with Crippen LogP contribution < -0.4 is 20.7 Å². The predicted molar refractivity (Wildman–Crippen MR) is 165 cm³/mol. The highest BCUT2D eigenvalue weighted by Crippen LogP contribution is 2.42. The summed E-state index contributed by atoms with van der Waals surface area (Å²) in [6.07, 6.45) is -1.66. The molecule has 0 fully saturated rings. The predicted octanol–water partition coefficient (Wildman–Crippen LogP) is 4.68. The summed E-state index contributed by atoms with van der Waals surface area (Å²) < 4.78 is 13.1. The summed E-state index contributed by atoms with van der Waals surface area (Å²) in [7, 11) is 0. The van der Waals surface area contributed by atoms with Crippen LogP contribution in [-0.4, -0.2) is 58.0 Å². The number of aromatic hydroxyl groups is 1. The SMILES string of the molecule is CC(O)[C@@H]1NC(=O)[C@@H](NC(=O)OC(C)(C)C)Cc2cc(I)c(O)c(c2)Oc2c(Br)cc(cc2Br)C[C@@H](C)NC1=O. The Morgan fingerprint density at radius 2 is 1.70 bits per heavy atom. The first kappa shape index (κ1) is 32.4. The van der Waals surface area contributed by atoms with Gasteiger partial charge in [0.1, 0.15) is 17.7 Å². The molecule has 0 aliphatic carbocycles. The molecule has 0 radical (unpaired) electrons. The zero-order chi connectivity index (χ0) is 29.9. The van der Waals surface area contributed by atoms with E-state index in [2.05, 4.69) is 47.8 Å². The number of phenols is 1. The van der Waals surface area contributed by atoms with Gasteiger partial charge in [-0.2, -0.15) is 0 Å². The number of carbonyl (C=O) groups is 3. The lowest BCUT2D eigenvalue weighted by atomic mass is 10.0. The molecule has 3 amide bonds. The molecule has 0 saturated heterocycles. The van der Waals surface area contributed by atoms with Gasteiger partial charge >= 0.3 is 6.09 Å². The molecule has 4 bridgehead atoms. The van der Waals surface area contributed by atoms with E-state index in [-0.39, 0.29) is 24.0 Å². The van der Waals surface area contributed by atoms with Crippen molar-refractivity contribution < 1.29 is 34.1 Å². The Hall–Kier alpha value is -2.10. The smallest absolute Gasteiger partial charge is 0.408 e. The minimum absolute atomic E-state index is 0.0381. The van der Waals surface area contributed by atoms with Crippen molar-refractivity contribution in [3.63, 3.8) is 0 Å². The molecule has 2 aromatic carbocycles. The maximum Gasteiger partial charge on any atom is 0.408 e. The van der Waals surface area contributed by atoms with Crippen LogP contribution in [0.1, 0.15) is 45.7 Å². The minimum atomic E-state index is -1.28. The van der Waals surface area contributed by atoms with Crippen LogP contribution in [0.5, 0.6) is 17.2 Å². The van der Waals surface area contributed by atoms with Crippen LogP contribution in [0.2, 0.25) is 0 Å². The summed E-state index contributed by atoms with van der Waals surface area (Å²) in [5.74, 6) is -0.807. The average Bonchev–Trinajstić information content (AvgIpc) is 2.80. The number of hydrogen-bond acceptors (Lipinski definition) is 7. The second-order valence-electron chi connectivity index (χ2n) is 10.7. The van der Waals surface area contributed by atoms with Gasteiger partial charge in [0.25, 0.3) is 0 Å². The zero-order valence-corrected chi connectivity index (χ0v) is 27.9. The topological polar surface area (TPSA) is 146 Å². The molecule has 2 heterocycles. The highest BCUT2D eigenvalue weighted by Gasteiger charge is 2.32. The molecule has 218 valence electrons. The monoisotopic (exact) mass is 795 g/mol. The molecule has 10 nitrogen and oxygen atoms in total. The fourth-order valence-corrected chi connectivity index (χ4v) is 6.16. The number of ether oxygens (including phenoxy) is 2. The van der Waals surface area contributed by atoms with Gasteiger partial charge in [-0.25, -0.2) is 4.79 Å². The van der Waals surface area contributed by atoms with Crippen molar-refractivity contribution in [3.8, 4) is 17.2 Å². The lowest BCUT2D eigenvalue weighted by Crippen LogP contribution is -2.58. The van der Waals surface area contributed by atoms with Gasteiger partial charge in [-0.15, -0.1) is 0 Å². The van der Waals surface area contributed by atoms with E-state index >= 15 is 0 Å². The van der Waals surface area contributed by atoms with Crippen molar-refractivity contribution in [3.05, 3.63) is 47.9 Å². The van der Waals surface area contributed by atoms with Crippen LogP contribution in [0.15, 0.2) is 33.2 Å². The van der Waals surface area contributed by atoms with Crippen molar-refractivity contribution in [1.29, 1.82) is 0 Å². The van der Waals surface area contributed by atoms with Crippen molar-refractivity contribution in [2.75, 3.05) is 0 Å². The largest absolute Gasteiger partial charge is 0.504 e. The first-order valence-electron chi connectivity index (χ1n) is 12.5. The number of amides is 3. The molecular weight excluding hydrogens is 765 g/mol. The Morgan fingerprint density at radius 1 is 1.10 bits per heavy atom. The number of phenolic OH excluding ortho intramolecular Hbond substituents is 1. The molecule has 1 unspecified atom stereocenters. The normalized spacial score (nSPS) is 21.0. The van der Waals surface area contributed by atoms with E-state index in [0.717, 1.165) is 5.56 Å². The van der Waals surface area contributed by atoms with E-state index in [4.69, 9.17) is 9.47 Å². The maximum atomic E-state index is 13.5. The zero-order valence-electron chi connectivity index (χ0n) is 22.6. The molecule has 40 heavy (non-hydrogen) atoms. The molecule has 13 heteroatoms. The third-order valence-corrected chi connectivity index (χ3v) is 7.80. The van der Waals surface area contributed by atoms with Gasteiger partial charge < -0.3 is 35.6 Å². The summed E-state index contributed by atoms with van der Waals surface area (Å²) in [6.45, 7) is 8.28. The van der Waals surface area contributed by atoms with E-state index in [0.29, 0.717) is 30.2 Å². The number of nitrogens with one attached hydrogen (secondary N) is 3. The van der Waals surface area contributed by atoms with Crippen molar-refractivity contribution >= 4 is 72.4 Å². The molecule has 5 N–H and O–H groups in total. The molecule has 2 aliphatic heterocycles. The average molecular weight is 797 g/mol. The molecule has 2 aliphatic rings. The van der Waals surface area contributed by atoms with E-state index < -0.39 is 41.7 Å². The van der Waals surface area contributed by atoms with Gasteiger partial charge in [0.2, 0.25) is 11.8 Å². The standard InChI is InChI=1S/C27H32Br2IN3O7/c1-12-6-14-7-16(28)23(17(29)8-14)39-20-11-15(9-18(30)22(20)35)10-19(32-26(38)40-27(3,4)5)24(36)33-21(13(2)34)25(37)31-12/h7-9,11-13,19,21,34-35H,6,10H2,1-5H3,(H,31,37)(H,32,38)(H,33,36)/t12-,13?,19+,21+/m1/s1. The molecule has 4 rings (SSSR count). The first-order valence-corrected chi connectivity index (χ1v) is 15.2. The maximum absolute atomic E-state index is 13.5. The Morgan fingerprint density at radius 3 is 2.27 bits per heavy atom. The Balaban J connectivity index is 2.11. The van der Waals surface area contributed by atoms with Crippen molar-refractivity contribution in [2.24, 2.45) is 0 Å². The van der Waals surface area contributed by atoms with Crippen LogP contribution in [0, 0.1) is 3.57 Å². The summed E-state index contributed by atoms with van der Waals surface area (Å²) in [6, 6.07) is 4.09. The summed E-state index contributed by atoms with van der Waals surface area (Å²) in [5, 5.41) is 29.1. The Bertz CT molecular complexity index is 1280. The number of alkyl carbamates (subject to hydrolysis) is 1. The number of fused-ring (bicyclic) bond motifs is 10. The third-order valence-electron chi connectivity index (χ3n) is 5.80. The lowest BCUT2D eigenvalue weighted by molar-refractivity contribution is -0.132. The number of rotatable bonds is 2. The van der Waals surface area contributed by atoms with Gasteiger partial charge in [-0.1, -0.05) is 0 Å². The molecule has 2 aromatic rings. The molecule has 4 atom stereocenters. The fraction of sp³-hybridized carbons (Fsp3) is 0.444. The number of aliphatic hydroxyl groups excluding tert-OH is 1. The van der Waals surface area contributed by atoms with Crippen LogP contribution in [0.25, 0.3) is 0 Å². The second kappa shape index (κ2) is 13.3. The highest BCUT2D eigenvalue weighted by atomic mass is 127. The van der Waals surface area contributed by atoms with E-state index in [1.165, 1.54) is 6.92 Å². The van der Waals surface area contributed by atoms with Gasteiger partial charge in [-0.05, 0) is 131 Å². The van der Waals surface area contributed by atoms with E-state index in [1.54, 1.807) is 39.8 Å². The number of aliphatic hydroxyl groups is 1. The van der Waals surface area contributed by atoms with Crippen LogP contribution in [-0.2, 0) is 27.2 Å². The van der Waals surface area contributed by atoms with Crippen LogP contribution in [0.3, 0.4) is 0 Å². The Labute approximate surface area is 263 Å². The molecular formula is C27H32Br2IN3O7. The highest BCUT2D eigenvalue weighted by molar-refractivity contribution is 14.1. The minimum Gasteiger partial charge on any atom is -0.504 e. The van der Waals surface area contributed by atoms with Gasteiger partial charge in [-0.3, -0.25) is 9.59 Å². The van der Waals surface area contributed by atoms with Crippen molar-refractivity contribution in [1.82, 2.24) is 16.0 Å². The summed E-state index contributed by atoms with van der Waals surface area (Å²) in [4.78, 5) is 39.2. The molecule has 0 saturated carbocycles. The third kappa shape index (κ3) is 8.70. The number of carbonyl (C=O) groups excluding carboxylic acids is 3. The Kier molecular flexibility index (Phi) is 10.7. The number of benzene rings is 2. The van der Waals surface area contributed by atoms with Crippen molar-refractivity contribution in [2.45, 2.75) is 77.3 Å². The van der Waals surface area contributed by atoms with E-state index in [1.807, 2.05) is 34.7 Å². The lowest BCUT2D eigenvalue weighted by Gasteiger charge is -2.27. The van der Waals surface area contributed by atoms with E-state index in [9.17, 15) is 24.6 Å². The van der Waals surface area contributed by atoms with Crippen LogP contribution in [0.4, 0.5) is 4.79 Å². The van der Waals surface area contributed by atoms with Gasteiger partial charge in [0.15, 0.2) is 17.2 Å². The summed E-state index contributed by atoms with van der Waals surface area (Å²) >= 11 is 9.02. The first-order chi connectivity index (χ1) is 18.5. The number of hydrogen-bond donors (Lipinski definition) is 5. The van der Waals surface area contributed by atoms with Gasteiger partial charge in [0.05, 0.1) is 18.6 Å². The molecule has 0 spiro atoms. The number of halogens is 3. The summed E-state index contributed by atoms with van der Waals surface area (Å²) in [5.41, 5.74) is 0.601. The molecule has 0 aromatic heterocycles. The van der Waals surface area contributed by atoms with Gasteiger partial charge in [0, 0.05) is 12.5 Å². The quantitative estimate of drug-likeness (QED) is 0.278.